The van der Waals surface area contributed by atoms with Crippen LogP contribution in [0, 0.1) is 5.82 Å². The molecular formula is C30H29FN8O. The lowest BCUT2D eigenvalue weighted by atomic mass is 10.0. The van der Waals surface area contributed by atoms with Gasteiger partial charge >= 0.3 is 0 Å². The summed E-state index contributed by atoms with van der Waals surface area (Å²) in [5.74, 6) is 0.118. The quantitative estimate of drug-likeness (QED) is 0.270. The predicted octanol–water partition coefficient (Wildman–Crippen LogP) is 5.38. The lowest BCUT2D eigenvalue weighted by Gasteiger charge is -2.12. The molecule has 0 unspecified atom stereocenters. The number of rotatable bonds is 8. The molecule has 0 fully saturated rings. The van der Waals surface area contributed by atoms with Gasteiger partial charge in [-0.2, -0.15) is 5.10 Å². The highest BCUT2D eigenvalue weighted by Gasteiger charge is 2.16. The Balaban J connectivity index is 1.39. The Labute approximate surface area is 230 Å². The van der Waals surface area contributed by atoms with Crippen molar-refractivity contribution in [2.75, 3.05) is 46.2 Å². The Kier molecular flexibility index (Phi) is 6.61. The number of hydrogen-bond donors (Lipinski definition) is 2. The predicted molar refractivity (Wildman–Crippen MR) is 156 cm³/mol. The van der Waals surface area contributed by atoms with Crippen molar-refractivity contribution >= 4 is 27.5 Å². The van der Waals surface area contributed by atoms with E-state index in [2.05, 4.69) is 36.2 Å². The van der Waals surface area contributed by atoms with Crippen molar-refractivity contribution in [3.8, 4) is 39.5 Å². The zero-order valence-corrected chi connectivity index (χ0v) is 22.7. The first-order chi connectivity index (χ1) is 19.4. The minimum absolute atomic E-state index is 0.365. The third-order valence-corrected chi connectivity index (χ3v) is 6.77. The zero-order valence-electron chi connectivity index (χ0n) is 22.7. The minimum atomic E-state index is -0.365. The summed E-state index contributed by atoms with van der Waals surface area (Å²) in [6.07, 6.45) is 8.91. The minimum Gasteiger partial charge on any atom is -0.492 e. The van der Waals surface area contributed by atoms with Crippen molar-refractivity contribution in [3.05, 3.63) is 73.2 Å². The number of fused-ring (bicyclic) bond motifs is 2. The number of H-pyrrole nitrogens is 2. The summed E-state index contributed by atoms with van der Waals surface area (Å²) in [6, 6.07) is 10.8. The Morgan fingerprint density at radius 2 is 1.68 bits per heavy atom. The maximum atomic E-state index is 14.6. The number of anilines is 1. The lowest BCUT2D eigenvalue weighted by molar-refractivity contribution is 0.260. The van der Waals surface area contributed by atoms with Gasteiger partial charge in [0.25, 0.3) is 0 Å². The highest BCUT2D eigenvalue weighted by Crippen LogP contribution is 2.35. The molecule has 5 aromatic heterocycles. The molecule has 0 bridgehead atoms. The van der Waals surface area contributed by atoms with Crippen molar-refractivity contribution in [2.45, 2.75) is 0 Å². The van der Waals surface area contributed by atoms with Crippen LogP contribution in [0.4, 0.5) is 10.1 Å². The van der Waals surface area contributed by atoms with E-state index in [9.17, 15) is 4.39 Å². The fourth-order valence-corrected chi connectivity index (χ4v) is 4.65. The van der Waals surface area contributed by atoms with Crippen LogP contribution in [0.2, 0.25) is 0 Å². The van der Waals surface area contributed by atoms with Crippen molar-refractivity contribution < 1.29 is 9.13 Å². The van der Waals surface area contributed by atoms with Crippen molar-refractivity contribution in [1.29, 1.82) is 0 Å². The monoisotopic (exact) mass is 536 g/mol. The van der Waals surface area contributed by atoms with E-state index in [1.807, 2.05) is 62.4 Å². The second-order valence-electron chi connectivity index (χ2n) is 10.2. The number of nitrogens with one attached hydrogen (secondary N) is 2. The average molecular weight is 537 g/mol. The smallest absolute Gasteiger partial charge is 0.127 e. The van der Waals surface area contributed by atoms with Gasteiger partial charge in [-0.3, -0.25) is 20.1 Å². The molecule has 0 atom stereocenters. The maximum Gasteiger partial charge on any atom is 0.127 e. The molecule has 10 heteroatoms. The van der Waals surface area contributed by atoms with E-state index in [0.29, 0.717) is 17.9 Å². The van der Waals surface area contributed by atoms with Crippen LogP contribution in [0.25, 0.3) is 55.6 Å². The summed E-state index contributed by atoms with van der Waals surface area (Å²) in [6.45, 7) is 1.20. The number of benzene rings is 1. The Morgan fingerprint density at radius 1 is 0.825 bits per heavy atom. The van der Waals surface area contributed by atoms with Crippen molar-refractivity contribution in [1.82, 2.24) is 35.0 Å². The third-order valence-electron chi connectivity index (χ3n) is 6.77. The molecule has 0 saturated heterocycles. The second kappa shape index (κ2) is 10.4. The molecule has 40 heavy (non-hydrogen) atoms. The highest BCUT2D eigenvalue weighted by atomic mass is 19.1. The average Bonchev–Trinajstić information content (AvgIpc) is 3.56. The number of hydrogen-bond acceptors (Lipinski definition) is 7. The number of likely N-dealkylation sites (N-methyl/N-ethyl adjacent to an activating group) is 1. The van der Waals surface area contributed by atoms with Crippen LogP contribution >= 0.6 is 0 Å². The standard InChI is InChI=1S/C30H29FN8O/c1-38(2)5-6-40-22-9-18(7-20(31)10-22)25-15-33-16-28-23(25)11-27(35-28)30-24-12-26(34-17-29(24)36-37-30)19-8-21(39(3)4)14-32-13-19/h7-17,35H,5-6H2,1-4H3,(H,36,37). The van der Waals surface area contributed by atoms with E-state index in [0.717, 1.165) is 62.2 Å². The first-order valence-corrected chi connectivity index (χ1v) is 12.9. The maximum absolute atomic E-state index is 14.6. The summed E-state index contributed by atoms with van der Waals surface area (Å²) in [5.41, 5.74) is 7.39. The summed E-state index contributed by atoms with van der Waals surface area (Å²) in [4.78, 5) is 20.9. The summed E-state index contributed by atoms with van der Waals surface area (Å²) < 4.78 is 20.4. The van der Waals surface area contributed by atoms with E-state index in [-0.39, 0.29) is 5.82 Å². The Hall–Kier alpha value is -4.83. The highest BCUT2D eigenvalue weighted by molar-refractivity contribution is 6.01. The largest absolute Gasteiger partial charge is 0.492 e. The molecule has 0 aliphatic heterocycles. The molecule has 1 aromatic carbocycles. The molecule has 0 radical (unpaired) electrons. The topological polar surface area (TPSA) is 98.8 Å². The molecule has 2 N–H and O–H groups in total. The molecule has 5 heterocycles. The van der Waals surface area contributed by atoms with Crippen LogP contribution in [0.1, 0.15) is 0 Å². The first-order valence-electron chi connectivity index (χ1n) is 12.9. The van der Waals surface area contributed by atoms with Crippen molar-refractivity contribution in [3.63, 3.8) is 0 Å². The van der Waals surface area contributed by atoms with Gasteiger partial charge < -0.3 is 19.5 Å². The van der Waals surface area contributed by atoms with E-state index in [4.69, 9.17) is 4.74 Å². The SMILES string of the molecule is CN(C)CCOc1cc(F)cc(-c2cncc3[nH]c(-c4n[nH]c5cnc(-c6cncc(N(C)C)c6)cc45)cc23)c1. The Morgan fingerprint density at radius 3 is 2.50 bits per heavy atom. The first kappa shape index (κ1) is 25.4. The third kappa shape index (κ3) is 4.96. The number of aromatic amines is 2. The van der Waals surface area contributed by atoms with E-state index in [1.165, 1.54) is 12.1 Å². The van der Waals surface area contributed by atoms with Gasteiger partial charge in [-0.25, -0.2) is 4.39 Å². The van der Waals surface area contributed by atoms with Crippen molar-refractivity contribution in [2.24, 2.45) is 0 Å². The van der Waals surface area contributed by atoms with Crippen LogP contribution in [0.15, 0.2) is 67.4 Å². The van der Waals surface area contributed by atoms with Crippen LogP contribution < -0.4 is 9.64 Å². The number of halogens is 1. The molecule has 0 aliphatic rings. The second-order valence-corrected chi connectivity index (χ2v) is 10.2. The summed E-state index contributed by atoms with van der Waals surface area (Å²) in [5, 5.41) is 9.51. The van der Waals surface area contributed by atoms with Crippen LogP contribution in [0.5, 0.6) is 5.75 Å². The van der Waals surface area contributed by atoms with Crippen LogP contribution in [-0.4, -0.2) is 76.4 Å². The molecule has 202 valence electrons. The molecule has 0 aliphatic carbocycles. The van der Waals surface area contributed by atoms with Gasteiger partial charge in [0.1, 0.15) is 23.9 Å². The van der Waals surface area contributed by atoms with E-state index in [1.54, 1.807) is 24.8 Å². The Bertz CT molecular complexity index is 1820. The number of nitrogens with zero attached hydrogens (tertiary/aromatic N) is 6. The van der Waals surface area contributed by atoms with Gasteiger partial charge in [-0.15, -0.1) is 0 Å². The number of pyridine rings is 3. The van der Waals surface area contributed by atoms with E-state index < -0.39 is 0 Å². The van der Waals surface area contributed by atoms with Gasteiger partial charge in [0.05, 0.1) is 46.7 Å². The molecule has 9 nitrogen and oxygen atoms in total. The lowest BCUT2D eigenvalue weighted by Crippen LogP contribution is -2.19. The molecule has 6 rings (SSSR count). The molecule has 6 aromatic rings. The molecule has 0 spiro atoms. The fourth-order valence-electron chi connectivity index (χ4n) is 4.65. The van der Waals surface area contributed by atoms with Gasteiger partial charge in [-0.05, 0) is 50.0 Å². The van der Waals surface area contributed by atoms with Gasteiger partial charge in [0, 0.05) is 61.0 Å². The fraction of sp³-hybridized carbons (Fsp3) is 0.200. The number of ether oxygens (including phenoxy) is 1. The normalized spacial score (nSPS) is 11.6. The molecule has 0 amide bonds. The molecule has 0 saturated carbocycles. The molecular weight excluding hydrogens is 507 g/mol. The van der Waals surface area contributed by atoms with E-state index >= 15 is 0 Å². The number of aromatic nitrogens is 6. The summed E-state index contributed by atoms with van der Waals surface area (Å²) in [7, 11) is 7.90. The van der Waals surface area contributed by atoms with Gasteiger partial charge in [0.2, 0.25) is 0 Å². The van der Waals surface area contributed by atoms with Crippen LogP contribution in [0.3, 0.4) is 0 Å². The summed E-state index contributed by atoms with van der Waals surface area (Å²) >= 11 is 0. The van der Waals surface area contributed by atoms with Gasteiger partial charge in [0.15, 0.2) is 0 Å². The van der Waals surface area contributed by atoms with Gasteiger partial charge in [-0.1, -0.05) is 0 Å². The van der Waals surface area contributed by atoms with Crippen LogP contribution in [-0.2, 0) is 0 Å². The zero-order chi connectivity index (χ0) is 27.8.